The Hall–Kier alpha value is -5.47. The van der Waals surface area contributed by atoms with Crippen LogP contribution in [0.5, 0.6) is 11.5 Å². The number of rotatable bonds is 9. The van der Waals surface area contributed by atoms with Gasteiger partial charge in [0, 0.05) is 22.3 Å². The number of Topliss-reactive ketones (excluding diaryl/α,β-unsaturated/α-hetero) is 1. The molecule has 1 N–H and O–H groups in total. The van der Waals surface area contributed by atoms with Gasteiger partial charge < -0.3 is 24.1 Å². The minimum atomic E-state index is -1.44. The van der Waals surface area contributed by atoms with Crippen LogP contribution in [0, 0.1) is 5.92 Å². The summed E-state index contributed by atoms with van der Waals surface area (Å²) in [6.07, 6.45) is 0. The predicted octanol–water partition coefficient (Wildman–Crippen LogP) is 7.17. The molecular weight excluding hydrogens is 620 g/mol. The number of hydrogen-bond acceptors (Lipinski definition) is 8. The van der Waals surface area contributed by atoms with Crippen LogP contribution >= 0.6 is 0 Å². The number of carbonyl (C=O) groups excluding carboxylic acids is 3. The maximum atomic E-state index is 12.9. The van der Waals surface area contributed by atoms with Gasteiger partial charge in [-0.05, 0) is 72.4 Å². The Morgan fingerprint density at radius 1 is 0.673 bits per heavy atom. The van der Waals surface area contributed by atoms with Crippen LogP contribution < -0.4 is 9.47 Å². The highest BCUT2D eigenvalue weighted by atomic mass is 16.5. The van der Waals surface area contributed by atoms with Crippen LogP contribution in [-0.2, 0) is 24.7 Å². The maximum absolute atomic E-state index is 12.9. The van der Waals surface area contributed by atoms with Crippen LogP contribution in [0.2, 0.25) is 0 Å². The monoisotopic (exact) mass is 660 g/mol. The molecule has 2 aliphatic carbocycles. The number of esters is 2. The average Bonchev–Trinajstić information content (AvgIpc) is 3.57. The van der Waals surface area contributed by atoms with Crippen molar-refractivity contribution < 1.29 is 38.4 Å². The van der Waals surface area contributed by atoms with Gasteiger partial charge in [0.2, 0.25) is 5.78 Å². The van der Waals surface area contributed by atoms with E-state index < -0.39 is 17.5 Å². The highest BCUT2D eigenvalue weighted by Crippen LogP contribution is 2.52. The van der Waals surface area contributed by atoms with E-state index in [1.807, 2.05) is 92.7 Å². The zero-order valence-corrected chi connectivity index (χ0v) is 28.5. The van der Waals surface area contributed by atoms with Crippen LogP contribution in [0.15, 0.2) is 108 Å². The largest absolute Gasteiger partial charge is 0.497 e. The van der Waals surface area contributed by atoms with Crippen LogP contribution in [0.1, 0.15) is 65.9 Å². The molecule has 1 unspecified atom stereocenters. The summed E-state index contributed by atoms with van der Waals surface area (Å²) in [5, 5.41) is 11.7. The van der Waals surface area contributed by atoms with E-state index in [1.54, 1.807) is 46.3 Å². The second-order valence-corrected chi connectivity index (χ2v) is 11.7. The lowest BCUT2D eigenvalue weighted by Gasteiger charge is -2.31. The molecule has 4 aromatic carbocycles. The van der Waals surface area contributed by atoms with Gasteiger partial charge in [0.15, 0.2) is 0 Å². The van der Waals surface area contributed by atoms with Crippen LogP contribution in [0.4, 0.5) is 0 Å². The maximum Gasteiger partial charge on any atom is 0.342 e. The van der Waals surface area contributed by atoms with Gasteiger partial charge in [-0.25, -0.2) is 9.59 Å². The van der Waals surface area contributed by atoms with Crippen LogP contribution in [0.25, 0.3) is 11.1 Å². The molecule has 4 aromatic rings. The second-order valence-electron chi connectivity index (χ2n) is 11.7. The lowest BCUT2D eigenvalue weighted by atomic mass is 9.80. The summed E-state index contributed by atoms with van der Waals surface area (Å²) in [7, 11) is 3.13. The molecule has 8 heteroatoms. The molecule has 0 radical (unpaired) electrons. The molecule has 6 rings (SSSR count). The Bertz CT molecular complexity index is 1940. The Morgan fingerprint density at radius 3 is 1.71 bits per heavy atom. The Morgan fingerprint density at radius 2 is 1.18 bits per heavy atom. The lowest BCUT2D eigenvalue weighted by Crippen LogP contribution is -2.36. The topological polar surface area (TPSA) is 108 Å². The van der Waals surface area contributed by atoms with Gasteiger partial charge in [0.1, 0.15) is 22.7 Å². The van der Waals surface area contributed by atoms with Gasteiger partial charge in [0.25, 0.3) is 0 Å². The molecule has 0 saturated carbocycles. The molecule has 0 bridgehead atoms. The Kier molecular flexibility index (Phi) is 10.5. The van der Waals surface area contributed by atoms with E-state index in [0.717, 1.165) is 27.8 Å². The summed E-state index contributed by atoms with van der Waals surface area (Å²) in [5.74, 6) is -0.413. The van der Waals surface area contributed by atoms with E-state index in [0.29, 0.717) is 33.8 Å². The van der Waals surface area contributed by atoms with E-state index in [2.05, 4.69) is 0 Å². The highest BCUT2D eigenvalue weighted by Gasteiger charge is 2.50. The molecule has 0 aliphatic heterocycles. The average molecular weight is 661 g/mol. The molecule has 49 heavy (non-hydrogen) atoms. The predicted molar refractivity (Wildman–Crippen MR) is 187 cm³/mol. The number of methoxy groups -OCH3 is 2. The first-order chi connectivity index (χ1) is 23.6. The molecular formula is C41H40O8. The minimum absolute atomic E-state index is 0.0845. The molecule has 0 saturated heterocycles. The van der Waals surface area contributed by atoms with Gasteiger partial charge in [0.05, 0.1) is 33.0 Å². The summed E-state index contributed by atoms with van der Waals surface area (Å²) >= 11 is 0. The van der Waals surface area contributed by atoms with E-state index >= 15 is 0 Å². The first-order valence-electron chi connectivity index (χ1n) is 16.2. The van der Waals surface area contributed by atoms with Crippen molar-refractivity contribution in [3.63, 3.8) is 0 Å². The number of ketones is 1. The second kappa shape index (κ2) is 14.7. The number of aliphatic hydroxyl groups is 1. The highest BCUT2D eigenvalue weighted by molar-refractivity contribution is 6.35. The zero-order valence-electron chi connectivity index (χ0n) is 28.5. The molecule has 8 nitrogen and oxygen atoms in total. The number of ether oxygens (including phenoxy) is 4. The van der Waals surface area contributed by atoms with E-state index in [1.165, 1.54) is 0 Å². The lowest BCUT2D eigenvalue weighted by molar-refractivity contribution is -0.142. The van der Waals surface area contributed by atoms with E-state index in [4.69, 9.17) is 18.9 Å². The smallest absolute Gasteiger partial charge is 0.342 e. The van der Waals surface area contributed by atoms with Crippen molar-refractivity contribution in [1.29, 1.82) is 0 Å². The molecule has 1 atom stereocenters. The normalized spacial score (nSPS) is 16.1. The number of benzene rings is 4. The summed E-state index contributed by atoms with van der Waals surface area (Å²) in [6, 6.07) is 29.8. The van der Waals surface area contributed by atoms with Crippen molar-refractivity contribution in [2.45, 2.75) is 33.3 Å². The third-order valence-electron chi connectivity index (χ3n) is 8.68. The third-order valence-corrected chi connectivity index (χ3v) is 8.68. The molecule has 0 amide bonds. The molecule has 0 heterocycles. The summed E-state index contributed by atoms with van der Waals surface area (Å²) in [5.41, 5.74) is 4.66. The zero-order chi connectivity index (χ0) is 35.3. The number of hydrogen-bond donors (Lipinski definition) is 1. The van der Waals surface area contributed by atoms with Crippen molar-refractivity contribution in [3.05, 3.63) is 142 Å². The van der Waals surface area contributed by atoms with Gasteiger partial charge in [-0.3, -0.25) is 4.79 Å². The van der Waals surface area contributed by atoms with Crippen LogP contribution in [0.3, 0.4) is 0 Å². The molecule has 252 valence electrons. The van der Waals surface area contributed by atoms with E-state index in [9.17, 15) is 19.5 Å². The van der Waals surface area contributed by atoms with Crippen molar-refractivity contribution in [3.8, 4) is 11.5 Å². The van der Waals surface area contributed by atoms with E-state index in [-0.39, 0.29) is 30.5 Å². The van der Waals surface area contributed by atoms with Crippen molar-refractivity contribution in [2.24, 2.45) is 5.92 Å². The first-order valence-corrected chi connectivity index (χ1v) is 16.2. The molecule has 0 spiro atoms. The minimum Gasteiger partial charge on any atom is -0.497 e. The van der Waals surface area contributed by atoms with Crippen LogP contribution in [-0.4, -0.2) is 50.3 Å². The fourth-order valence-corrected chi connectivity index (χ4v) is 6.35. The molecule has 2 aliphatic rings. The Balaban J connectivity index is 0.000000192. The molecule has 0 aromatic heterocycles. The molecule has 0 fully saturated rings. The summed E-state index contributed by atoms with van der Waals surface area (Å²) < 4.78 is 20.9. The summed E-state index contributed by atoms with van der Waals surface area (Å²) in [4.78, 5) is 38.0. The van der Waals surface area contributed by atoms with Crippen molar-refractivity contribution in [1.82, 2.24) is 0 Å². The Labute approximate surface area is 286 Å². The van der Waals surface area contributed by atoms with Gasteiger partial charge in [-0.2, -0.15) is 0 Å². The SMILES string of the molecule is CCOC(=O)C1=C(c2ccccc2)c2ccc(OC)cc2C1(O)C(C)C.CCOC(=O)C1=C(c2ccccc2)c2ccc(OC)cc2C1=O. The van der Waals surface area contributed by atoms with Gasteiger partial charge in [-0.1, -0.05) is 80.6 Å². The quantitative estimate of drug-likeness (QED) is 0.149. The number of carbonyl (C=O) groups is 3. The van der Waals surface area contributed by atoms with Gasteiger partial charge in [-0.15, -0.1) is 0 Å². The van der Waals surface area contributed by atoms with Crippen molar-refractivity contribution >= 4 is 28.9 Å². The number of fused-ring (bicyclic) bond motifs is 2. The van der Waals surface area contributed by atoms with Crippen molar-refractivity contribution in [2.75, 3.05) is 27.4 Å². The first kappa shape index (κ1) is 34.9. The fraction of sp³-hybridized carbons (Fsp3) is 0.244. The standard InChI is InChI=1S/C22H24O4.C19H16O4/c1-5-26-21(23)20-19(15-9-7-6-8-10-15)17-12-11-16(25-4)13-18(17)22(20,24)14(2)3;1-3-23-19(21)17-16(12-7-5-4-6-8-12)14-10-9-13(22-2)11-15(14)18(17)20/h6-14,24H,5H2,1-4H3;4-11H,3H2,1-2H3. The van der Waals surface area contributed by atoms with Gasteiger partial charge >= 0.3 is 11.9 Å². The fourth-order valence-electron chi connectivity index (χ4n) is 6.35. The summed E-state index contributed by atoms with van der Waals surface area (Å²) in [6.45, 7) is 7.75. The third kappa shape index (κ3) is 6.39.